The van der Waals surface area contributed by atoms with Crippen LogP contribution in [0.4, 0.5) is 20.5 Å². The molecule has 0 spiro atoms. The fraction of sp³-hybridized carbons (Fsp3) is 0.480. The van der Waals surface area contributed by atoms with E-state index in [2.05, 4.69) is 20.6 Å². The average Bonchev–Trinajstić information content (AvgIpc) is 2.90. The smallest absolute Gasteiger partial charge is 0.223 e. The second-order valence-electron chi connectivity index (χ2n) is 8.86. The third-order valence-corrected chi connectivity index (χ3v) is 6.45. The molecule has 2 fully saturated rings. The van der Waals surface area contributed by atoms with E-state index < -0.39 is 11.6 Å². The molecular formula is C25H29F2N5O4. The molecule has 0 radical (unpaired) electrons. The second-order valence-corrected chi connectivity index (χ2v) is 8.86. The van der Waals surface area contributed by atoms with E-state index in [-0.39, 0.29) is 34.8 Å². The lowest BCUT2D eigenvalue weighted by Gasteiger charge is -2.25. The van der Waals surface area contributed by atoms with Crippen molar-refractivity contribution in [3.63, 3.8) is 0 Å². The number of pyridine rings is 1. The van der Waals surface area contributed by atoms with Crippen LogP contribution in [0.25, 0.3) is 22.2 Å². The van der Waals surface area contributed by atoms with Crippen molar-refractivity contribution in [2.24, 2.45) is 0 Å². The van der Waals surface area contributed by atoms with Crippen molar-refractivity contribution in [1.29, 1.82) is 0 Å². The number of methoxy groups -OCH3 is 2. The molecule has 2 aromatic heterocycles. The molecule has 36 heavy (non-hydrogen) atoms. The number of rotatable bonds is 7. The van der Waals surface area contributed by atoms with Gasteiger partial charge in [-0.15, -0.1) is 0 Å². The van der Waals surface area contributed by atoms with Gasteiger partial charge in [0.1, 0.15) is 5.52 Å². The summed E-state index contributed by atoms with van der Waals surface area (Å²) in [5.74, 6) is -1.15. The second kappa shape index (κ2) is 10.8. The monoisotopic (exact) mass is 501 g/mol. The van der Waals surface area contributed by atoms with Crippen molar-refractivity contribution in [3.8, 4) is 22.8 Å². The standard InChI is InChI=1S/C25H29F2N5O4/c1-33-18-11-19(34-2)22(27)20(21(18)26)17-10-14-12-28-25(30-16-4-3-7-36-13-16)32-23(14)24(31-17)29-15-5-8-35-9-6-15/h10-12,15-16H,3-9,13H2,1-2H3,(H,29,31)(H,28,30,32). The first-order chi connectivity index (χ1) is 17.6. The largest absolute Gasteiger partial charge is 0.494 e. The van der Waals surface area contributed by atoms with Gasteiger partial charge in [0.2, 0.25) is 5.95 Å². The highest BCUT2D eigenvalue weighted by atomic mass is 19.1. The summed E-state index contributed by atoms with van der Waals surface area (Å²) in [4.78, 5) is 13.8. The number of hydrogen-bond donors (Lipinski definition) is 2. The van der Waals surface area contributed by atoms with E-state index in [0.29, 0.717) is 42.5 Å². The Bertz CT molecular complexity index is 1200. The van der Waals surface area contributed by atoms with Crippen LogP contribution in [0.2, 0.25) is 0 Å². The predicted octanol–water partition coefficient (Wildman–Crippen LogP) is 4.17. The van der Waals surface area contributed by atoms with Crippen LogP contribution < -0.4 is 20.1 Å². The first kappa shape index (κ1) is 24.4. The number of hydrogen-bond acceptors (Lipinski definition) is 9. The van der Waals surface area contributed by atoms with E-state index >= 15 is 8.78 Å². The fourth-order valence-corrected chi connectivity index (χ4v) is 4.52. The molecule has 1 aromatic carbocycles. The highest BCUT2D eigenvalue weighted by Gasteiger charge is 2.25. The van der Waals surface area contributed by atoms with Gasteiger partial charge in [-0.1, -0.05) is 0 Å². The minimum Gasteiger partial charge on any atom is -0.494 e. The maximum Gasteiger partial charge on any atom is 0.223 e. The van der Waals surface area contributed by atoms with Crippen molar-refractivity contribution in [2.75, 3.05) is 51.3 Å². The first-order valence-electron chi connectivity index (χ1n) is 12.0. The molecule has 0 saturated carbocycles. The lowest BCUT2D eigenvalue weighted by molar-refractivity contribution is 0.0874. The molecule has 2 saturated heterocycles. The summed E-state index contributed by atoms with van der Waals surface area (Å²) in [6.45, 7) is 2.58. The summed E-state index contributed by atoms with van der Waals surface area (Å²) in [5.41, 5.74) is 0.286. The Hall–Kier alpha value is -3.31. The molecule has 3 aromatic rings. The quantitative estimate of drug-likeness (QED) is 0.494. The molecule has 5 rings (SSSR count). The molecule has 192 valence electrons. The summed E-state index contributed by atoms with van der Waals surface area (Å²) in [7, 11) is 2.62. The molecule has 2 N–H and O–H groups in total. The van der Waals surface area contributed by atoms with Gasteiger partial charge in [0.25, 0.3) is 0 Å². The van der Waals surface area contributed by atoms with Gasteiger partial charge in [-0.25, -0.2) is 23.7 Å². The van der Waals surface area contributed by atoms with Gasteiger partial charge in [-0.3, -0.25) is 0 Å². The highest BCUT2D eigenvalue weighted by Crippen LogP contribution is 2.38. The van der Waals surface area contributed by atoms with E-state index in [1.165, 1.54) is 20.3 Å². The number of nitrogens with one attached hydrogen (secondary N) is 2. The van der Waals surface area contributed by atoms with E-state index in [9.17, 15) is 0 Å². The number of fused-ring (bicyclic) bond motifs is 1. The zero-order valence-corrected chi connectivity index (χ0v) is 20.3. The lowest BCUT2D eigenvalue weighted by atomic mass is 10.1. The van der Waals surface area contributed by atoms with Crippen LogP contribution in [0.1, 0.15) is 25.7 Å². The van der Waals surface area contributed by atoms with E-state index in [4.69, 9.17) is 23.9 Å². The third-order valence-electron chi connectivity index (χ3n) is 6.45. The SMILES string of the molecule is COc1cc(OC)c(F)c(-c2cc3cnc(NC4CCCOC4)nc3c(NC3CCOCC3)n2)c1F. The van der Waals surface area contributed by atoms with Crippen molar-refractivity contribution in [3.05, 3.63) is 30.0 Å². The van der Waals surface area contributed by atoms with E-state index in [1.54, 1.807) is 12.3 Å². The predicted molar refractivity (Wildman–Crippen MR) is 131 cm³/mol. The van der Waals surface area contributed by atoms with Crippen molar-refractivity contribution in [1.82, 2.24) is 15.0 Å². The molecule has 0 amide bonds. The van der Waals surface area contributed by atoms with Crippen LogP contribution in [0.15, 0.2) is 18.3 Å². The summed E-state index contributed by atoms with van der Waals surface area (Å²) in [6.07, 6.45) is 5.11. The minimum absolute atomic E-state index is 0.0780. The van der Waals surface area contributed by atoms with Gasteiger partial charge in [0, 0.05) is 43.5 Å². The van der Waals surface area contributed by atoms with Crippen molar-refractivity contribution < 1.29 is 27.7 Å². The summed E-state index contributed by atoms with van der Waals surface area (Å²) in [6, 6.07) is 2.94. The maximum atomic E-state index is 15.3. The number of ether oxygens (including phenoxy) is 4. The Labute approximate surface area is 207 Å². The summed E-state index contributed by atoms with van der Waals surface area (Å²) >= 11 is 0. The minimum atomic E-state index is -0.865. The van der Waals surface area contributed by atoms with E-state index in [1.807, 2.05) is 0 Å². The third kappa shape index (κ3) is 4.98. The Morgan fingerprint density at radius 1 is 0.889 bits per heavy atom. The Morgan fingerprint density at radius 2 is 1.64 bits per heavy atom. The van der Waals surface area contributed by atoms with Crippen LogP contribution in [-0.4, -0.2) is 67.7 Å². The molecule has 0 aliphatic carbocycles. The number of benzene rings is 1. The topological polar surface area (TPSA) is 99.7 Å². The summed E-state index contributed by atoms with van der Waals surface area (Å²) < 4.78 is 51.8. The molecular weight excluding hydrogens is 472 g/mol. The van der Waals surface area contributed by atoms with Crippen LogP contribution in [0, 0.1) is 11.6 Å². The molecule has 9 nitrogen and oxygen atoms in total. The Balaban J connectivity index is 1.61. The van der Waals surface area contributed by atoms with Gasteiger partial charge in [-0.2, -0.15) is 0 Å². The number of anilines is 2. The fourth-order valence-electron chi connectivity index (χ4n) is 4.52. The molecule has 4 heterocycles. The Morgan fingerprint density at radius 3 is 2.31 bits per heavy atom. The summed E-state index contributed by atoms with van der Waals surface area (Å²) in [5, 5.41) is 7.33. The molecule has 2 aliphatic heterocycles. The normalized spacial score (nSPS) is 18.7. The molecule has 2 aliphatic rings. The van der Waals surface area contributed by atoms with Crippen molar-refractivity contribution in [2.45, 2.75) is 37.8 Å². The van der Waals surface area contributed by atoms with Gasteiger partial charge in [-0.05, 0) is 31.7 Å². The molecule has 1 atom stereocenters. The van der Waals surface area contributed by atoms with Gasteiger partial charge >= 0.3 is 0 Å². The molecule has 1 unspecified atom stereocenters. The zero-order chi connectivity index (χ0) is 25.1. The van der Waals surface area contributed by atoms with Gasteiger partial charge in [0.15, 0.2) is 29.0 Å². The van der Waals surface area contributed by atoms with Crippen LogP contribution in [0.3, 0.4) is 0 Å². The van der Waals surface area contributed by atoms with Crippen LogP contribution in [-0.2, 0) is 9.47 Å². The van der Waals surface area contributed by atoms with Gasteiger partial charge < -0.3 is 29.6 Å². The number of aromatic nitrogens is 3. The first-order valence-corrected chi connectivity index (χ1v) is 12.0. The number of nitrogens with zero attached hydrogens (tertiary/aromatic N) is 3. The highest BCUT2D eigenvalue weighted by molar-refractivity contribution is 5.92. The van der Waals surface area contributed by atoms with Crippen molar-refractivity contribution >= 4 is 22.7 Å². The molecule has 11 heteroatoms. The van der Waals surface area contributed by atoms with Crippen LogP contribution >= 0.6 is 0 Å². The Kier molecular flexibility index (Phi) is 7.28. The lowest BCUT2D eigenvalue weighted by Crippen LogP contribution is -2.31. The number of halogens is 2. The van der Waals surface area contributed by atoms with Crippen LogP contribution in [0.5, 0.6) is 11.5 Å². The van der Waals surface area contributed by atoms with E-state index in [0.717, 1.165) is 32.3 Å². The molecule has 0 bridgehead atoms. The average molecular weight is 502 g/mol. The zero-order valence-electron chi connectivity index (χ0n) is 20.3. The van der Waals surface area contributed by atoms with Gasteiger partial charge in [0.05, 0.1) is 38.1 Å². The maximum absolute atomic E-state index is 15.3.